The number of hydrogen-bond donors (Lipinski definition) is 1. The summed E-state index contributed by atoms with van der Waals surface area (Å²) in [6, 6.07) is 16.8. The lowest BCUT2D eigenvalue weighted by molar-refractivity contribution is -0.140. The van der Waals surface area contributed by atoms with Gasteiger partial charge < -0.3 is 15.0 Å². The molecule has 0 aliphatic heterocycles. The van der Waals surface area contributed by atoms with Gasteiger partial charge in [0.25, 0.3) is 10.0 Å². The van der Waals surface area contributed by atoms with Crippen molar-refractivity contribution in [2.24, 2.45) is 0 Å². The Bertz CT molecular complexity index is 1470. The first-order valence-corrected chi connectivity index (χ1v) is 15.3. The Balaban J connectivity index is 2.08. The van der Waals surface area contributed by atoms with Gasteiger partial charge in [0.2, 0.25) is 11.8 Å². The summed E-state index contributed by atoms with van der Waals surface area (Å²) < 4.78 is 74.3. The van der Waals surface area contributed by atoms with E-state index in [9.17, 15) is 31.2 Å². The topological polar surface area (TPSA) is 96.0 Å². The number of nitrogens with one attached hydrogen (secondary N) is 1. The highest BCUT2D eigenvalue weighted by Crippen LogP contribution is 2.33. The number of amides is 2. The lowest BCUT2D eigenvalue weighted by Gasteiger charge is -2.33. The maximum Gasteiger partial charge on any atom is 0.416 e. The second kappa shape index (κ2) is 14.9. The first-order chi connectivity index (χ1) is 20.4. The van der Waals surface area contributed by atoms with Crippen LogP contribution in [0.25, 0.3) is 0 Å². The smallest absolute Gasteiger partial charge is 0.416 e. The number of methoxy groups -OCH3 is 1. The molecule has 0 heterocycles. The SMILES string of the molecule is CCCCNC(=O)[C@@H](CC)N(Cc1ccc(OC)cc1)C(=O)CN(c1cccc(C(F)(F)F)c1)S(=O)(=O)c1ccccc1. The van der Waals surface area contributed by atoms with Crippen LogP contribution in [0.5, 0.6) is 5.75 Å². The molecule has 1 atom stereocenters. The molecule has 43 heavy (non-hydrogen) atoms. The molecule has 2 amide bonds. The van der Waals surface area contributed by atoms with E-state index in [1.54, 1.807) is 37.3 Å². The molecule has 0 aliphatic carbocycles. The number of unbranched alkanes of at least 4 members (excludes halogenated alkanes) is 1. The number of alkyl halides is 3. The standard InChI is InChI=1S/C31H36F3N3O5S/c1-4-6-19-35-30(39)28(5-2)36(21-23-15-17-26(42-3)18-16-23)29(38)22-37(43(40,41)27-13-8-7-9-14-27)25-12-10-11-24(20-25)31(32,33)34/h7-18,20,28H,4-6,19,21-22H2,1-3H3,(H,35,39)/t28-/m1/s1. The zero-order valence-corrected chi connectivity index (χ0v) is 25.1. The van der Waals surface area contributed by atoms with Gasteiger partial charge in [-0.2, -0.15) is 13.2 Å². The summed E-state index contributed by atoms with van der Waals surface area (Å²) in [6.45, 7) is 3.20. The van der Waals surface area contributed by atoms with E-state index in [4.69, 9.17) is 4.74 Å². The van der Waals surface area contributed by atoms with E-state index in [2.05, 4.69) is 5.32 Å². The minimum absolute atomic E-state index is 0.0512. The molecule has 0 saturated heterocycles. The number of sulfonamides is 1. The van der Waals surface area contributed by atoms with Crippen molar-refractivity contribution in [3.8, 4) is 5.75 Å². The largest absolute Gasteiger partial charge is 0.497 e. The third-order valence-electron chi connectivity index (χ3n) is 6.80. The molecule has 0 saturated carbocycles. The molecule has 232 valence electrons. The number of benzene rings is 3. The van der Waals surface area contributed by atoms with Gasteiger partial charge in [-0.3, -0.25) is 13.9 Å². The van der Waals surface area contributed by atoms with Crippen LogP contribution >= 0.6 is 0 Å². The molecule has 1 N–H and O–H groups in total. The van der Waals surface area contributed by atoms with Crippen LogP contribution in [0.2, 0.25) is 0 Å². The van der Waals surface area contributed by atoms with Crippen LogP contribution in [0, 0.1) is 0 Å². The minimum Gasteiger partial charge on any atom is -0.497 e. The predicted octanol–water partition coefficient (Wildman–Crippen LogP) is 5.63. The Kier molecular flexibility index (Phi) is 11.6. The average Bonchev–Trinajstić information content (AvgIpc) is 3.00. The number of carbonyl (C=O) groups is 2. The number of rotatable bonds is 14. The molecule has 0 aliphatic rings. The molecule has 0 aromatic heterocycles. The van der Waals surface area contributed by atoms with Crippen molar-refractivity contribution in [1.29, 1.82) is 0 Å². The van der Waals surface area contributed by atoms with Gasteiger partial charge in [-0.15, -0.1) is 0 Å². The van der Waals surface area contributed by atoms with E-state index in [0.717, 1.165) is 25.0 Å². The van der Waals surface area contributed by atoms with E-state index in [1.165, 1.54) is 42.3 Å². The average molecular weight is 620 g/mol. The van der Waals surface area contributed by atoms with Gasteiger partial charge >= 0.3 is 6.18 Å². The summed E-state index contributed by atoms with van der Waals surface area (Å²) in [5, 5.41) is 2.83. The van der Waals surface area contributed by atoms with Crippen LogP contribution in [0.15, 0.2) is 83.8 Å². The fourth-order valence-corrected chi connectivity index (χ4v) is 5.87. The second-order valence-electron chi connectivity index (χ2n) is 9.81. The quantitative estimate of drug-likeness (QED) is 0.236. The van der Waals surface area contributed by atoms with E-state index in [1.807, 2.05) is 6.92 Å². The van der Waals surface area contributed by atoms with E-state index in [-0.39, 0.29) is 23.5 Å². The van der Waals surface area contributed by atoms with E-state index >= 15 is 0 Å². The predicted molar refractivity (Wildman–Crippen MR) is 158 cm³/mol. The van der Waals surface area contributed by atoms with Gasteiger partial charge in [-0.25, -0.2) is 8.42 Å². The highest BCUT2D eigenvalue weighted by atomic mass is 32.2. The maximum atomic E-state index is 14.0. The first kappa shape index (κ1) is 33.4. The zero-order valence-electron chi connectivity index (χ0n) is 24.3. The molecule has 0 spiro atoms. The van der Waals surface area contributed by atoms with Crippen LogP contribution in [0.1, 0.15) is 44.2 Å². The molecule has 3 aromatic rings. The molecular weight excluding hydrogens is 583 g/mol. The van der Waals surface area contributed by atoms with E-state index < -0.39 is 46.2 Å². The zero-order chi connectivity index (χ0) is 31.6. The summed E-state index contributed by atoms with van der Waals surface area (Å²) >= 11 is 0. The minimum atomic E-state index is -4.74. The highest BCUT2D eigenvalue weighted by Gasteiger charge is 2.35. The molecule has 3 aromatic carbocycles. The van der Waals surface area contributed by atoms with Crippen molar-refractivity contribution in [2.75, 3.05) is 24.5 Å². The van der Waals surface area contributed by atoms with Crippen molar-refractivity contribution < 1.29 is 35.9 Å². The molecular formula is C31H36F3N3O5S. The fraction of sp³-hybridized carbons (Fsp3) is 0.355. The summed E-state index contributed by atoms with van der Waals surface area (Å²) in [5.74, 6) is -0.588. The van der Waals surface area contributed by atoms with Crippen molar-refractivity contribution in [2.45, 2.75) is 56.8 Å². The number of halogens is 3. The molecule has 12 heteroatoms. The molecule has 0 unspecified atom stereocenters. The summed E-state index contributed by atoms with van der Waals surface area (Å²) in [5.41, 5.74) is -0.759. The van der Waals surface area contributed by atoms with Crippen LogP contribution in [0.4, 0.5) is 18.9 Å². The Labute approximate surface area is 250 Å². The van der Waals surface area contributed by atoms with Crippen LogP contribution in [-0.2, 0) is 32.3 Å². The van der Waals surface area contributed by atoms with Crippen molar-refractivity contribution in [3.05, 3.63) is 90.0 Å². The van der Waals surface area contributed by atoms with Gasteiger partial charge in [0.05, 0.1) is 23.3 Å². The number of carbonyl (C=O) groups excluding carboxylic acids is 2. The van der Waals surface area contributed by atoms with Crippen molar-refractivity contribution >= 4 is 27.5 Å². The fourth-order valence-electron chi connectivity index (χ4n) is 4.44. The van der Waals surface area contributed by atoms with Gasteiger partial charge in [0.1, 0.15) is 18.3 Å². The van der Waals surface area contributed by atoms with E-state index in [0.29, 0.717) is 28.2 Å². The van der Waals surface area contributed by atoms with Crippen LogP contribution in [-0.4, -0.2) is 51.4 Å². The summed E-state index contributed by atoms with van der Waals surface area (Å²) in [7, 11) is -2.99. The molecule has 8 nitrogen and oxygen atoms in total. The first-order valence-electron chi connectivity index (χ1n) is 13.9. The normalized spacial score (nSPS) is 12.3. The number of anilines is 1. The molecule has 0 bridgehead atoms. The lowest BCUT2D eigenvalue weighted by Crippen LogP contribution is -2.52. The third kappa shape index (κ3) is 8.73. The molecule has 0 fully saturated rings. The van der Waals surface area contributed by atoms with Gasteiger partial charge in [0.15, 0.2) is 0 Å². The van der Waals surface area contributed by atoms with Gasteiger partial charge in [0, 0.05) is 13.1 Å². The van der Waals surface area contributed by atoms with Gasteiger partial charge in [-0.1, -0.05) is 56.7 Å². The Morgan fingerprint density at radius 2 is 1.63 bits per heavy atom. The summed E-state index contributed by atoms with van der Waals surface area (Å²) in [6.07, 6.45) is -2.95. The Morgan fingerprint density at radius 3 is 2.21 bits per heavy atom. The van der Waals surface area contributed by atoms with Crippen LogP contribution < -0.4 is 14.4 Å². The van der Waals surface area contributed by atoms with Crippen molar-refractivity contribution in [3.63, 3.8) is 0 Å². The molecule has 0 radical (unpaired) electrons. The highest BCUT2D eigenvalue weighted by molar-refractivity contribution is 7.92. The number of ether oxygens (including phenoxy) is 1. The Hall–Kier alpha value is -4.06. The monoisotopic (exact) mass is 619 g/mol. The summed E-state index contributed by atoms with van der Waals surface area (Å²) in [4.78, 5) is 28.3. The maximum absolute atomic E-state index is 14.0. The number of nitrogens with zero attached hydrogens (tertiary/aromatic N) is 2. The second-order valence-corrected chi connectivity index (χ2v) is 11.7. The van der Waals surface area contributed by atoms with Gasteiger partial charge in [-0.05, 0) is 60.9 Å². The van der Waals surface area contributed by atoms with Crippen LogP contribution in [0.3, 0.4) is 0 Å². The lowest BCUT2D eigenvalue weighted by atomic mass is 10.1. The van der Waals surface area contributed by atoms with Crippen molar-refractivity contribution in [1.82, 2.24) is 10.2 Å². The third-order valence-corrected chi connectivity index (χ3v) is 8.59. The molecule has 3 rings (SSSR count). The number of hydrogen-bond acceptors (Lipinski definition) is 5. The Morgan fingerprint density at radius 1 is 0.953 bits per heavy atom.